The van der Waals surface area contributed by atoms with Gasteiger partial charge in [-0.1, -0.05) is 18.2 Å². The molecule has 1 saturated heterocycles. The summed E-state index contributed by atoms with van der Waals surface area (Å²) in [6.07, 6.45) is 0.195. The number of carbonyl (C=O) groups excluding carboxylic acids is 1. The normalized spacial score (nSPS) is 18.8. The van der Waals surface area contributed by atoms with Crippen LogP contribution in [0.3, 0.4) is 0 Å². The number of morpholine rings is 1. The van der Waals surface area contributed by atoms with E-state index >= 15 is 0 Å². The van der Waals surface area contributed by atoms with Crippen LogP contribution in [-0.4, -0.2) is 63.9 Å². The molecule has 1 aliphatic carbocycles. The molecule has 2 aromatic heterocycles. The minimum absolute atomic E-state index is 0.0146. The Hall–Kier alpha value is -4.83. The molecule has 13 heteroatoms. The zero-order valence-electron chi connectivity index (χ0n) is 23.3. The number of hydrogen-bond donors (Lipinski definition) is 3. The average Bonchev–Trinajstić information content (AvgIpc) is 3.43. The number of ether oxygens (including phenoxy) is 1. The number of nitrogens with zero attached hydrogens (tertiary/aromatic N) is 6. The maximum atomic E-state index is 14.1. The number of fused-ring (bicyclic) bond motifs is 1. The molecular formula is C30H31F2N9O2. The predicted octanol–water partition coefficient (Wildman–Crippen LogP) is 5.01. The first-order chi connectivity index (χ1) is 21.0. The number of hydrogen-bond acceptors (Lipinski definition) is 8. The minimum atomic E-state index is -2.79. The van der Waals surface area contributed by atoms with Crippen LogP contribution in [0, 0.1) is 11.3 Å². The van der Waals surface area contributed by atoms with Gasteiger partial charge in [-0.2, -0.15) is 15.2 Å². The fraction of sp³-hybridized carbons (Fsp3) is 0.367. The number of halogens is 2. The van der Waals surface area contributed by atoms with E-state index < -0.39 is 6.43 Å². The van der Waals surface area contributed by atoms with Gasteiger partial charge in [0, 0.05) is 36.9 Å². The smallest absolute Gasteiger partial charge is 0.319 e. The van der Waals surface area contributed by atoms with Gasteiger partial charge in [0.05, 0.1) is 35.9 Å². The van der Waals surface area contributed by atoms with Crippen molar-refractivity contribution in [2.24, 2.45) is 0 Å². The van der Waals surface area contributed by atoms with Gasteiger partial charge in [-0.15, -0.1) is 0 Å². The average molecular weight is 588 g/mol. The number of amides is 2. The van der Waals surface area contributed by atoms with Crippen LogP contribution in [0.25, 0.3) is 16.9 Å². The van der Waals surface area contributed by atoms with Crippen LogP contribution in [0.5, 0.6) is 0 Å². The number of aromatic nitrogens is 4. The molecule has 0 spiro atoms. The van der Waals surface area contributed by atoms with E-state index in [0.29, 0.717) is 66.2 Å². The Balaban J connectivity index is 1.18. The lowest BCUT2D eigenvalue weighted by atomic mass is 9.91. The van der Waals surface area contributed by atoms with Crippen LogP contribution in [-0.2, 0) is 4.74 Å². The van der Waals surface area contributed by atoms with Gasteiger partial charge in [0.2, 0.25) is 5.95 Å². The van der Waals surface area contributed by atoms with Crippen molar-refractivity contribution in [3.63, 3.8) is 0 Å². The zero-order valence-corrected chi connectivity index (χ0v) is 23.3. The lowest BCUT2D eigenvalue weighted by molar-refractivity contribution is 0.122. The summed E-state index contributed by atoms with van der Waals surface area (Å²) in [5.41, 5.74) is 2.03. The Bertz CT molecular complexity index is 1640. The molecule has 0 atom stereocenters. The number of rotatable bonds is 7. The quantitative estimate of drug-likeness (QED) is 0.275. The molecule has 222 valence electrons. The van der Waals surface area contributed by atoms with Gasteiger partial charge in [-0.05, 0) is 56.0 Å². The van der Waals surface area contributed by atoms with Gasteiger partial charge in [0.25, 0.3) is 6.43 Å². The van der Waals surface area contributed by atoms with Crippen LogP contribution < -0.4 is 20.9 Å². The molecule has 0 bridgehead atoms. The standard InChI is InChI=1S/C30H31F2N9O2/c31-27(32)28-37-23-6-1-2-7-24(23)41(28)26-17-25(40-12-14-43-15-13-40)38-29(39-26)34-20-8-10-21(11-9-20)35-30(42)36-22-5-3-4-19(16-22)18-33/h1-7,16-17,20-21,27H,8-15H2,(H,34,38,39)(H2,35,36,42)/t20-,21-. The van der Waals surface area contributed by atoms with Gasteiger partial charge in [-0.3, -0.25) is 4.57 Å². The van der Waals surface area contributed by atoms with E-state index in [1.807, 2.05) is 0 Å². The fourth-order valence-corrected chi connectivity index (χ4v) is 5.57. The highest BCUT2D eigenvalue weighted by Crippen LogP contribution is 2.30. The van der Waals surface area contributed by atoms with Gasteiger partial charge in [0.1, 0.15) is 11.6 Å². The van der Waals surface area contributed by atoms with Crippen LogP contribution in [0.2, 0.25) is 0 Å². The molecule has 2 amide bonds. The molecule has 2 fully saturated rings. The Morgan fingerprint density at radius 2 is 1.70 bits per heavy atom. The molecular weight excluding hydrogens is 556 g/mol. The minimum Gasteiger partial charge on any atom is -0.378 e. The highest BCUT2D eigenvalue weighted by molar-refractivity contribution is 5.89. The maximum absolute atomic E-state index is 14.1. The van der Waals surface area contributed by atoms with Crippen LogP contribution >= 0.6 is 0 Å². The number of imidazole rings is 1. The van der Waals surface area contributed by atoms with Crippen molar-refractivity contribution in [2.75, 3.05) is 41.8 Å². The molecule has 0 radical (unpaired) electrons. The number of nitriles is 1. The molecule has 0 unspecified atom stereocenters. The van der Waals surface area contributed by atoms with Gasteiger partial charge >= 0.3 is 6.03 Å². The van der Waals surface area contributed by atoms with Crippen LogP contribution in [0.1, 0.15) is 43.5 Å². The highest BCUT2D eigenvalue weighted by Gasteiger charge is 2.26. The number of para-hydroxylation sites is 2. The second-order valence-electron chi connectivity index (χ2n) is 10.6. The third-order valence-electron chi connectivity index (χ3n) is 7.69. The van der Waals surface area contributed by atoms with Crippen LogP contribution in [0.15, 0.2) is 54.6 Å². The van der Waals surface area contributed by atoms with Crippen molar-refractivity contribution in [3.05, 3.63) is 66.0 Å². The number of alkyl halides is 2. The number of nitrogens with one attached hydrogen (secondary N) is 3. The zero-order chi connectivity index (χ0) is 29.8. The molecule has 3 N–H and O–H groups in total. The summed E-state index contributed by atoms with van der Waals surface area (Å²) in [6, 6.07) is 17.2. The first kappa shape index (κ1) is 28.3. The number of carbonyl (C=O) groups is 1. The third kappa shape index (κ3) is 6.49. The van der Waals surface area contributed by atoms with Gasteiger partial charge in [0.15, 0.2) is 5.82 Å². The van der Waals surface area contributed by atoms with Crippen molar-refractivity contribution in [1.29, 1.82) is 5.26 Å². The molecule has 11 nitrogen and oxygen atoms in total. The molecule has 6 rings (SSSR count). The molecule has 1 saturated carbocycles. The van der Waals surface area contributed by atoms with Crippen LogP contribution in [0.4, 0.5) is 31.0 Å². The number of anilines is 3. The van der Waals surface area contributed by atoms with E-state index in [4.69, 9.17) is 20.0 Å². The second-order valence-corrected chi connectivity index (χ2v) is 10.6. The van der Waals surface area contributed by atoms with E-state index in [0.717, 1.165) is 25.7 Å². The fourth-order valence-electron chi connectivity index (χ4n) is 5.57. The van der Waals surface area contributed by atoms with E-state index in [2.05, 4.69) is 31.9 Å². The molecule has 2 aromatic carbocycles. The topological polar surface area (TPSA) is 133 Å². The van der Waals surface area contributed by atoms with E-state index in [1.165, 1.54) is 4.57 Å². The van der Waals surface area contributed by atoms with Gasteiger partial charge in [-0.25, -0.2) is 18.6 Å². The lowest BCUT2D eigenvalue weighted by Crippen LogP contribution is -2.42. The molecule has 2 aliphatic rings. The molecule has 3 heterocycles. The summed E-state index contributed by atoms with van der Waals surface area (Å²) in [6.45, 7) is 2.35. The Morgan fingerprint density at radius 3 is 2.47 bits per heavy atom. The lowest BCUT2D eigenvalue weighted by Gasteiger charge is -2.31. The third-order valence-corrected chi connectivity index (χ3v) is 7.69. The van der Waals surface area contributed by atoms with Crippen molar-refractivity contribution < 1.29 is 18.3 Å². The number of benzene rings is 2. The SMILES string of the molecule is N#Cc1cccc(NC(=O)N[C@H]2CC[C@H](Nc3nc(N4CCOCC4)cc(-n4c(C(F)F)nc5ccccc54)n3)CC2)c1. The van der Waals surface area contributed by atoms with Gasteiger partial charge < -0.3 is 25.6 Å². The van der Waals surface area contributed by atoms with Crippen molar-refractivity contribution in [3.8, 4) is 11.9 Å². The molecule has 43 heavy (non-hydrogen) atoms. The summed E-state index contributed by atoms with van der Waals surface area (Å²) in [7, 11) is 0. The predicted molar refractivity (Wildman–Crippen MR) is 158 cm³/mol. The first-order valence-electron chi connectivity index (χ1n) is 14.3. The maximum Gasteiger partial charge on any atom is 0.319 e. The Morgan fingerprint density at radius 1 is 0.953 bits per heavy atom. The first-order valence-corrected chi connectivity index (χ1v) is 14.3. The highest BCUT2D eigenvalue weighted by atomic mass is 19.3. The Kier molecular flexibility index (Phi) is 8.28. The Labute approximate surface area is 246 Å². The van der Waals surface area contributed by atoms with E-state index in [1.54, 1.807) is 54.6 Å². The molecule has 4 aromatic rings. The van der Waals surface area contributed by atoms with E-state index in [9.17, 15) is 13.6 Å². The van der Waals surface area contributed by atoms with Crippen molar-refractivity contribution in [1.82, 2.24) is 24.8 Å². The summed E-state index contributed by atoms with van der Waals surface area (Å²) in [5.74, 6) is 0.920. The summed E-state index contributed by atoms with van der Waals surface area (Å²) in [4.78, 5) is 28.3. The summed E-state index contributed by atoms with van der Waals surface area (Å²) in [5, 5.41) is 18.3. The van der Waals surface area contributed by atoms with Crippen molar-refractivity contribution >= 4 is 34.5 Å². The molecule has 1 aliphatic heterocycles. The monoisotopic (exact) mass is 587 g/mol. The van der Waals surface area contributed by atoms with E-state index in [-0.39, 0.29) is 23.9 Å². The largest absolute Gasteiger partial charge is 0.378 e. The second kappa shape index (κ2) is 12.6. The number of urea groups is 1. The summed E-state index contributed by atoms with van der Waals surface area (Å²) >= 11 is 0. The van der Waals surface area contributed by atoms with Crippen molar-refractivity contribution in [2.45, 2.75) is 44.2 Å². The summed E-state index contributed by atoms with van der Waals surface area (Å²) < 4.78 is 35.2.